The van der Waals surface area contributed by atoms with Gasteiger partial charge in [-0.3, -0.25) is 9.79 Å². The van der Waals surface area contributed by atoms with E-state index in [1.54, 1.807) is 0 Å². The van der Waals surface area contributed by atoms with Crippen LogP contribution in [0.1, 0.15) is 30.9 Å². The van der Waals surface area contributed by atoms with Crippen molar-refractivity contribution in [1.82, 2.24) is 10.2 Å². The Hall–Kier alpha value is -3.02. The molecule has 1 saturated heterocycles. The van der Waals surface area contributed by atoms with Crippen LogP contribution >= 0.6 is 0 Å². The summed E-state index contributed by atoms with van der Waals surface area (Å²) in [6.07, 6.45) is 2.48. The topological polar surface area (TPSA) is 63.2 Å². The van der Waals surface area contributed by atoms with Gasteiger partial charge in [-0.25, -0.2) is 0 Å². The minimum atomic E-state index is -0.0993. The molecule has 2 aromatic rings. The van der Waals surface area contributed by atoms with E-state index in [0.717, 1.165) is 56.2 Å². The third-order valence-electron chi connectivity index (χ3n) is 5.50. The molecule has 0 atom stereocenters. The Kier molecular flexibility index (Phi) is 8.76. The predicted octanol–water partition coefficient (Wildman–Crippen LogP) is 3.66. The zero-order valence-corrected chi connectivity index (χ0v) is 18.5. The Labute approximate surface area is 185 Å². The van der Waals surface area contributed by atoms with Gasteiger partial charge in [-0.2, -0.15) is 0 Å². The number of benzene rings is 2. The number of carbonyl (C=O) groups excluding carboxylic acids is 1. The van der Waals surface area contributed by atoms with E-state index in [1.165, 1.54) is 12.7 Å². The highest BCUT2D eigenvalue weighted by molar-refractivity contribution is 5.80. The second-order valence-electron chi connectivity index (χ2n) is 7.69. The number of hydrogen-bond donors (Lipinski definition) is 1. The first-order valence-corrected chi connectivity index (χ1v) is 11.1. The molecule has 1 N–H and O–H groups in total. The van der Waals surface area contributed by atoms with Gasteiger partial charge in [0.15, 0.2) is 5.96 Å². The molecule has 31 heavy (non-hydrogen) atoms. The highest BCUT2D eigenvalue weighted by Crippen LogP contribution is 2.19. The first kappa shape index (κ1) is 22.7. The standard InChI is InChI=1S/C25H33N3O3/c1-3-26-25(28-17-14-22(15-18-28)24(29)30-2)27-16-13-20-9-11-23(12-10-20)31-19-21-7-5-4-6-8-21/h4-12,22H,3,13-19H2,1-2H3,(H,26,27). The number of ether oxygens (including phenoxy) is 2. The number of esters is 1. The molecule has 1 aliphatic heterocycles. The fourth-order valence-electron chi connectivity index (χ4n) is 3.70. The maximum Gasteiger partial charge on any atom is 0.308 e. The molecule has 1 heterocycles. The van der Waals surface area contributed by atoms with Gasteiger partial charge in [-0.05, 0) is 49.4 Å². The van der Waals surface area contributed by atoms with E-state index in [-0.39, 0.29) is 11.9 Å². The van der Waals surface area contributed by atoms with Crippen LogP contribution in [0.4, 0.5) is 0 Å². The van der Waals surface area contributed by atoms with E-state index < -0.39 is 0 Å². The first-order valence-electron chi connectivity index (χ1n) is 11.1. The summed E-state index contributed by atoms with van der Waals surface area (Å²) in [5, 5.41) is 3.38. The second-order valence-corrected chi connectivity index (χ2v) is 7.69. The Morgan fingerprint density at radius 2 is 1.77 bits per heavy atom. The molecule has 6 nitrogen and oxygen atoms in total. The Bertz CT molecular complexity index is 829. The van der Waals surface area contributed by atoms with E-state index in [1.807, 2.05) is 30.3 Å². The third-order valence-corrected chi connectivity index (χ3v) is 5.50. The van der Waals surface area contributed by atoms with Gasteiger partial charge >= 0.3 is 5.97 Å². The number of piperidine rings is 1. The first-order chi connectivity index (χ1) is 15.2. The molecule has 0 spiro atoms. The number of methoxy groups -OCH3 is 1. The number of nitrogens with zero attached hydrogens (tertiary/aromatic N) is 2. The molecule has 0 aliphatic carbocycles. The van der Waals surface area contributed by atoms with E-state index in [2.05, 4.69) is 41.4 Å². The van der Waals surface area contributed by atoms with Gasteiger partial charge in [0.1, 0.15) is 12.4 Å². The van der Waals surface area contributed by atoms with Gasteiger partial charge in [0.05, 0.1) is 13.0 Å². The lowest BCUT2D eigenvalue weighted by Gasteiger charge is -2.33. The van der Waals surface area contributed by atoms with Crippen LogP contribution in [0, 0.1) is 5.92 Å². The smallest absolute Gasteiger partial charge is 0.308 e. The van der Waals surface area contributed by atoms with Crippen LogP contribution in [0.25, 0.3) is 0 Å². The summed E-state index contributed by atoms with van der Waals surface area (Å²) >= 11 is 0. The lowest BCUT2D eigenvalue weighted by Crippen LogP contribution is -2.46. The lowest BCUT2D eigenvalue weighted by molar-refractivity contribution is -0.146. The zero-order valence-electron chi connectivity index (χ0n) is 18.5. The summed E-state index contributed by atoms with van der Waals surface area (Å²) in [4.78, 5) is 18.8. The zero-order chi connectivity index (χ0) is 21.9. The number of guanidine groups is 1. The van der Waals surface area contributed by atoms with Crippen LogP contribution in [-0.2, 0) is 22.6 Å². The van der Waals surface area contributed by atoms with Gasteiger partial charge in [0.2, 0.25) is 0 Å². The summed E-state index contributed by atoms with van der Waals surface area (Å²) in [5.41, 5.74) is 2.39. The fourth-order valence-corrected chi connectivity index (χ4v) is 3.70. The molecule has 166 valence electrons. The van der Waals surface area contributed by atoms with Gasteiger partial charge < -0.3 is 19.7 Å². The second kappa shape index (κ2) is 12.0. The summed E-state index contributed by atoms with van der Waals surface area (Å²) in [5.74, 6) is 1.70. The normalized spacial score (nSPS) is 14.9. The van der Waals surface area contributed by atoms with Crippen LogP contribution in [0.3, 0.4) is 0 Å². The molecule has 0 aromatic heterocycles. The predicted molar refractivity (Wildman–Crippen MR) is 123 cm³/mol. The summed E-state index contributed by atoms with van der Waals surface area (Å²) in [7, 11) is 1.46. The van der Waals surface area contributed by atoms with Crippen LogP contribution < -0.4 is 10.1 Å². The average Bonchev–Trinajstić information content (AvgIpc) is 2.83. The largest absolute Gasteiger partial charge is 0.489 e. The Morgan fingerprint density at radius 3 is 2.42 bits per heavy atom. The van der Waals surface area contributed by atoms with E-state index in [9.17, 15) is 4.79 Å². The van der Waals surface area contributed by atoms with Crippen LogP contribution in [0.2, 0.25) is 0 Å². The number of rotatable bonds is 8. The fraction of sp³-hybridized carbons (Fsp3) is 0.440. The summed E-state index contributed by atoms with van der Waals surface area (Å²) in [6.45, 7) is 5.82. The van der Waals surface area contributed by atoms with Gasteiger partial charge in [-0.15, -0.1) is 0 Å². The molecule has 6 heteroatoms. The molecule has 0 saturated carbocycles. The van der Waals surface area contributed by atoms with Crippen LogP contribution in [0.5, 0.6) is 5.75 Å². The Balaban J connectivity index is 1.47. The molecule has 0 unspecified atom stereocenters. The molecular formula is C25H33N3O3. The maximum atomic E-state index is 11.7. The van der Waals surface area contributed by atoms with Crippen LogP contribution in [-0.4, -0.2) is 50.1 Å². The maximum absolute atomic E-state index is 11.7. The van der Waals surface area contributed by atoms with Crippen molar-refractivity contribution < 1.29 is 14.3 Å². The van der Waals surface area contributed by atoms with Gasteiger partial charge in [-0.1, -0.05) is 42.5 Å². The highest BCUT2D eigenvalue weighted by atomic mass is 16.5. The van der Waals surface area contributed by atoms with E-state index in [0.29, 0.717) is 13.2 Å². The van der Waals surface area contributed by atoms with Gasteiger partial charge in [0.25, 0.3) is 0 Å². The average molecular weight is 424 g/mol. The van der Waals surface area contributed by atoms with Crippen molar-refractivity contribution in [1.29, 1.82) is 0 Å². The van der Waals surface area contributed by atoms with E-state index in [4.69, 9.17) is 14.5 Å². The SMILES string of the molecule is CCNC(=NCCc1ccc(OCc2ccccc2)cc1)N1CCC(C(=O)OC)CC1. The quantitative estimate of drug-likeness (QED) is 0.399. The summed E-state index contributed by atoms with van der Waals surface area (Å²) < 4.78 is 10.7. The molecule has 3 rings (SSSR count). The number of carbonyl (C=O) groups is 1. The molecular weight excluding hydrogens is 390 g/mol. The number of likely N-dealkylation sites (tertiary alicyclic amines) is 1. The Morgan fingerprint density at radius 1 is 1.06 bits per heavy atom. The van der Waals surface area contributed by atoms with Crippen molar-refractivity contribution >= 4 is 11.9 Å². The van der Waals surface area contributed by atoms with Gasteiger partial charge in [0, 0.05) is 26.2 Å². The van der Waals surface area contributed by atoms with Crippen molar-refractivity contribution in [3.05, 3.63) is 65.7 Å². The van der Waals surface area contributed by atoms with Crippen molar-refractivity contribution in [3.8, 4) is 5.75 Å². The number of nitrogens with one attached hydrogen (secondary N) is 1. The summed E-state index contributed by atoms with van der Waals surface area (Å²) in [6, 6.07) is 18.4. The van der Waals surface area contributed by atoms with Crippen LogP contribution in [0.15, 0.2) is 59.6 Å². The number of hydrogen-bond acceptors (Lipinski definition) is 4. The van der Waals surface area contributed by atoms with Crippen molar-refractivity contribution in [2.75, 3.05) is 33.3 Å². The lowest BCUT2D eigenvalue weighted by atomic mass is 9.97. The molecule has 0 radical (unpaired) electrons. The van der Waals surface area contributed by atoms with Crippen molar-refractivity contribution in [2.24, 2.45) is 10.9 Å². The highest BCUT2D eigenvalue weighted by Gasteiger charge is 2.26. The minimum absolute atomic E-state index is 0.00625. The molecule has 0 amide bonds. The molecule has 1 fully saturated rings. The number of aliphatic imine (C=N–C) groups is 1. The molecule has 2 aromatic carbocycles. The molecule has 0 bridgehead atoms. The molecule has 1 aliphatic rings. The minimum Gasteiger partial charge on any atom is -0.489 e. The third kappa shape index (κ3) is 7.02. The van der Waals surface area contributed by atoms with E-state index >= 15 is 0 Å². The van der Waals surface area contributed by atoms with Crippen molar-refractivity contribution in [3.63, 3.8) is 0 Å². The monoisotopic (exact) mass is 423 g/mol. The van der Waals surface area contributed by atoms with Crippen molar-refractivity contribution in [2.45, 2.75) is 32.8 Å².